The van der Waals surface area contributed by atoms with E-state index in [1.807, 2.05) is 6.92 Å². The summed E-state index contributed by atoms with van der Waals surface area (Å²) in [6, 6.07) is 0.507. The third kappa shape index (κ3) is 2.07. The van der Waals surface area contributed by atoms with Crippen molar-refractivity contribution in [2.45, 2.75) is 38.3 Å². The van der Waals surface area contributed by atoms with Crippen LogP contribution in [-0.2, 0) is 6.42 Å². The van der Waals surface area contributed by atoms with Crippen LogP contribution in [0.15, 0.2) is 6.33 Å². The molecule has 1 aromatic rings. The van der Waals surface area contributed by atoms with Crippen molar-refractivity contribution in [2.75, 3.05) is 5.32 Å². The van der Waals surface area contributed by atoms with Crippen molar-refractivity contribution in [3.8, 4) is 0 Å². The lowest BCUT2D eigenvalue weighted by Gasteiger charge is -2.33. The molecule has 0 unspecified atom stereocenters. The van der Waals surface area contributed by atoms with Gasteiger partial charge in [-0.15, -0.1) is 0 Å². The van der Waals surface area contributed by atoms with Crippen molar-refractivity contribution in [3.63, 3.8) is 0 Å². The molecule has 1 fully saturated rings. The molecule has 1 saturated carbocycles. The van der Waals surface area contributed by atoms with Gasteiger partial charge in [-0.1, -0.05) is 6.92 Å². The zero-order chi connectivity index (χ0) is 10.8. The van der Waals surface area contributed by atoms with Crippen molar-refractivity contribution in [3.05, 3.63) is 17.8 Å². The fourth-order valence-corrected chi connectivity index (χ4v) is 1.73. The summed E-state index contributed by atoms with van der Waals surface area (Å²) in [4.78, 5) is 7.77. The number of aromatic nitrogens is 2. The molecule has 1 aliphatic rings. The van der Waals surface area contributed by atoms with Gasteiger partial charge in [-0.3, -0.25) is 0 Å². The first-order valence-corrected chi connectivity index (χ1v) is 5.22. The molecule has 82 valence electrons. The van der Waals surface area contributed by atoms with Crippen LogP contribution in [0.3, 0.4) is 0 Å². The predicted molar refractivity (Wildman–Crippen MR) is 56.0 cm³/mol. The van der Waals surface area contributed by atoms with Crippen LogP contribution in [0.1, 0.15) is 25.5 Å². The number of hydrogen-bond donors (Lipinski definition) is 2. The topological polar surface area (TPSA) is 63.8 Å². The minimum Gasteiger partial charge on any atom is -0.365 e. The maximum Gasteiger partial charge on any atom is 0.186 e. The van der Waals surface area contributed by atoms with E-state index in [1.165, 1.54) is 6.33 Å². The molecule has 15 heavy (non-hydrogen) atoms. The van der Waals surface area contributed by atoms with Gasteiger partial charge in [0.25, 0.3) is 0 Å². The standard InChI is InChI=1S/C10H15FN4/c1-2-8-9(11)10(14-5-13-8)15-7-3-6(12)4-7/h5-7H,2-4,12H2,1H3,(H,13,14,15). The van der Waals surface area contributed by atoms with E-state index in [4.69, 9.17) is 5.73 Å². The molecule has 5 heteroatoms. The Hall–Kier alpha value is -1.23. The molecule has 1 aromatic heterocycles. The molecule has 2 rings (SSSR count). The number of anilines is 1. The molecular formula is C10H15FN4. The minimum absolute atomic E-state index is 0.248. The molecule has 0 aliphatic heterocycles. The van der Waals surface area contributed by atoms with Gasteiger partial charge < -0.3 is 11.1 Å². The zero-order valence-corrected chi connectivity index (χ0v) is 8.70. The predicted octanol–water partition coefficient (Wildman–Crippen LogP) is 1.08. The Morgan fingerprint density at radius 2 is 2.27 bits per heavy atom. The van der Waals surface area contributed by atoms with Gasteiger partial charge in [-0.25, -0.2) is 14.4 Å². The van der Waals surface area contributed by atoms with Gasteiger partial charge in [0, 0.05) is 12.1 Å². The molecular weight excluding hydrogens is 195 g/mol. The van der Waals surface area contributed by atoms with E-state index in [2.05, 4.69) is 15.3 Å². The Morgan fingerprint density at radius 3 is 2.87 bits per heavy atom. The Labute approximate surface area is 88.1 Å². The highest BCUT2D eigenvalue weighted by molar-refractivity contribution is 5.39. The minimum atomic E-state index is -0.333. The van der Waals surface area contributed by atoms with E-state index in [-0.39, 0.29) is 17.9 Å². The molecule has 0 aromatic carbocycles. The van der Waals surface area contributed by atoms with Crippen LogP contribution in [0.2, 0.25) is 0 Å². The normalized spacial score (nSPS) is 24.7. The molecule has 0 spiro atoms. The molecule has 4 nitrogen and oxygen atoms in total. The molecule has 0 amide bonds. The van der Waals surface area contributed by atoms with Crippen molar-refractivity contribution >= 4 is 5.82 Å². The van der Waals surface area contributed by atoms with Crippen LogP contribution in [0, 0.1) is 5.82 Å². The fourth-order valence-electron chi connectivity index (χ4n) is 1.73. The van der Waals surface area contributed by atoms with Crippen molar-refractivity contribution in [1.29, 1.82) is 0 Å². The molecule has 1 aliphatic carbocycles. The third-order valence-corrected chi connectivity index (χ3v) is 2.71. The Balaban J connectivity index is 2.07. The second-order valence-electron chi connectivity index (χ2n) is 3.91. The van der Waals surface area contributed by atoms with Crippen LogP contribution in [0.25, 0.3) is 0 Å². The quantitative estimate of drug-likeness (QED) is 0.783. The van der Waals surface area contributed by atoms with Crippen LogP contribution >= 0.6 is 0 Å². The molecule has 0 saturated heterocycles. The van der Waals surface area contributed by atoms with E-state index in [1.54, 1.807) is 0 Å². The first-order chi connectivity index (χ1) is 7.20. The summed E-state index contributed by atoms with van der Waals surface area (Å²) in [6.45, 7) is 1.87. The maximum atomic E-state index is 13.7. The average molecular weight is 210 g/mol. The average Bonchev–Trinajstić information content (AvgIpc) is 2.18. The highest BCUT2D eigenvalue weighted by atomic mass is 19.1. The largest absolute Gasteiger partial charge is 0.365 e. The number of halogens is 1. The third-order valence-electron chi connectivity index (χ3n) is 2.71. The highest BCUT2D eigenvalue weighted by Crippen LogP contribution is 2.23. The number of hydrogen-bond acceptors (Lipinski definition) is 4. The molecule has 0 atom stereocenters. The SMILES string of the molecule is CCc1ncnc(NC2CC(N)C2)c1F. The first-order valence-electron chi connectivity index (χ1n) is 5.22. The lowest BCUT2D eigenvalue weighted by molar-refractivity contribution is 0.371. The Bertz CT molecular complexity index is 349. The van der Waals surface area contributed by atoms with Gasteiger partial charge in [0.1, 0.15) is 6.33 Å². The van der Waals surface area contributed by atoms with E-state index < -0.39 is 0 Å². The number of rotatable bonds is 3. The second kappa shape index (κ2) is 4.10. The Kier molecular flexibility index (Phi) is 2.81. The van der Waals surface area contributed by atoms with Crippen LogP contribution < -0.4 is 11.1 Å². The monoisotopic (exact) mass is 210 g/mol. The summed E-state index contributed by atoms with van der Waals surface area (Å²) in [6.07, 6.45) is 3.73. The number of nitrogens with two attached hydrogens (primary N) is 1. The van der Waals surface area contributed by atoms with E-state index >= 15 is 0 Å². The molecule has 0 bridgehead atoms. The summed E-state index contributed by atoms with van der Waals surface area (Å²) in [5.74, 6) is -0.0285. The molecule has 3 N–H and O–H groups in total. The summed E-state index contributed by atoms with van der Waals surface area (Å²) >= 11 is 0. The van der Waals surface area contributed by atoms with Gasteiger partial charge in [-0.05, 0) is 19.3 Å². The number of nitrogens with zero attached hydrogens (tertiary/aromatic N) is 2. The van der Waals surface area contributed by atoms with Crippen LogP contribution in [0.4, 0.5) is 10.2 Å². The van der Waals surface area contributed by atoms with E-state index in [9.17, 15) is 4.39 Å². The smallest absolute Gasteiger partial charge is 0.186 e. The van der Waals surface area contributed by atoms with Crippen molar-refractivity contribution in [2.24, 2.45) is 5.73 Å². The summed E-state index contributed by atoms with van der Waals surface area (Å²) in [5, 5.41) is 3.05. The summed E-state index contributed by atoms with van der Waals surface area (Å²) in [7, 11) is 0. The first kappa shape index (κ1) is 10.3. The van der Waals surface area contributed by atoms with Crippen molar-refractivity contribution in [1.82, 2.24) is 9.97 Å². The fraction of sp³-hybridized carbons (Fsp3) is 0.600. The van der Waals surface area contributed by atoms with Gasteiger partial charge >= 0.3 is 0 Å². The van der Waals surface area contributed by atoms with Crippen LogP contribution in [-0.4, -0.2) is 22.1 Å². The van der Waals surface area contributed by atoms with Crippen LogP contribution in [0.5, 0.6) is 0 Å². The lowest BCUT2D eigenvalue weighted by Crippen LogP contribution is -2.44. The second-order valence-corrected chi connectivity index (χ2v) is 3.91. The van der Waals surface area contributed by atoms with E-state index in [0.29, 0.717) is 17.9 Å². The Morgan fingerprint density at radius 1 is 1.53 bits per heavy atom. The van der Waals surface area contributed by atoms with E-state index in [0.717, 1.165) is 12.8 Å². The van der Waals surface area contributed by atoms with Gasteiger partial charge in [0.05, 0.1) is 5.69 Å². The van der Waals surface area contributed by atoms with Gasteiger partial charge in [0.15, 0.2) is 11.6 Å². The van der Waals surface area contributed by atoms with Gasteiger partial charge in [0.2, 0.25) is 0 Å². The molecule has 1 heterocycles. The number of aryl methyl sites for hydroxylation is 1. The summed E-state index contributed by atoms with van der Waals surface area (Å²) in [5.41, 5.74) is 6.10. The number of nitrogens with one attached hydrogen (secondary N) is 1. The maximum absolute atomic E-state index is 13.7. The highest BCUT2D eigenvalue weighted by Gasteiger charge is 2.27. The van der Waals surface area contributed by atoms with Gasteiger partial charge in [-0.2, -0.15) is 0 Å². The zero-order valence-electron chi connectivity index (χ0n) is 8.70. The van der Waals surface area contributed by atoms with Crippen molar-refractivity contribution < 1.29 is 4.39 Å². The summed E-state index contributed by atoms with van der Waals surface area (Å²) < 4.78 is 13.7. The molecule has 0 radical (unpaired) electrons. The lowest BCUT2D eigenvalue weighted by atomic mass is 9.88.